The third kappa shape index (κ3) is 2.38. The third-order valence-corrected chi connectivity index (χ3v) is 6.63. The molecule has 20 heavy (non-hydrogen) atoms. The molecular weight excluding hydrogens is 276 g/mol. The Hall–Kier alpha value is -0.920. The number of nitrogens with two attached hydrogens (primary N) is 1. The van der Waals surface area contributed by atoms with E-state index < -0.39 is 10.0 Å². The lowest BCUT2D eigenvalue weighted by atomic mass is 9.76. The summed E-state index contributed by atoms with van der Waals surface area (Å²) in [6.45, 7) is 1.45. The van der Waals surface area contributed by atoms with Gasteiger partial charge in [0, 0.05) is 25.2 Å². The number of hydrogen-bond donors (Lipinski definition) is 2. The Morgan fingerprint density at radius 2 is 2.05 bits per heavy atom. The predicted octanol–water partition coefficient (Wildman–Crippen LogP) is 1.07. The monoisotopic (exact) mass is 298 g/mol. The van der Waals surface area contributed by atoms with Crippen molar-refractivity contribution < 1.29 is 8.42 Å². The molecule has 3 N–H and O–H groups in total. The maximum absolute atomic E-state index is 12.7. The zero-order chi connectivity index (χ0) is 14.2. The molecule has 0 amide bonds. The average molecular weight is 298 g/mol. The van der Waals surface area contributed by atoms with Gasteiger partial charge in [0.2, 0.25) is 0 Å². The van der Waals surface area contributed by atoms with Crippen molar-refractivity contribution in [2.45, 2.75) is 43.7 Å². The van der Waals surface area contributed by atoms with Crippen LogP contribution in [0.15, 0.2) is 11.2 Å². The Morgan fingerprint density at radius 1 is 1.30 bits per heavy atom. The maximum atomic E-state index is 12.7. The summed E-state index contributed by atoms with van der Waals surface area (Å²) in [6.07, 6.45) is 7.43. The van der Waals surface area contributed by atoms with E-state index in [0.717, 1.165) is 12.8 Å². The largest absolute Gasteiger partial charge is 0.326 e. The molecule has 1 saturated heterocycles. The van der Waals surface area contributed by atoms with E-state index in [1.54, 1.807) is 4.31 Å². The quantitative estimate of drug-likeness (QED) is 0.873. The van der Waals surface area contributed by atoms with E-state index in [9.17, 15) is 8.42 Å². The minimum Gasteiger partial charge on any atom is -0.326 e. The van der Waals surface area contributed by atoms with Crippen LogP contribution in [0, 0.1) is 11.8 Å². The van der Waals surface area contributed by atoms with Gasteiger partial charge in [0.05, 0.1) is 6.20 Å². The number of hydrogen-bond acceptors (Lipinski definition) is 4. The predicted molar refractivity (Wildman–Crippen MR) is 75.3 cm³/mol. The average Bonchev–Trinajstić information content (AvgIpc) is 2.96. The molecule has 0 aromatic carbocycles. The lowest BCUT2D eigenvalue weighted by Gasteiger charge is -2.40. The molecule has 0 bridgehead atoms. The van der Waals surface area contributed by atoms with Crippen LogP contribution in [0.3, 0.4) is 0 Å². The molecule has 2 aliphatic rings. The molecule has 2 atom stereocenters. The van der Waals surface area contributed by atoms with Crippen LogP contribution in [0.5, 0.6) is 0 Å². The Balaban J connectivity index is 1.82. The van der Waals surface area contributed by atoms with Crippen molar-refractivity contribution in [3.05, 3.63) is 11.8 Å². The molecule has 0 radical (unpaired) electrons. The van der Waals surface area contributed by atoms with E-state index in [2.05, 4.69) is 10.2 Å². The fourth-order valence-electron chi connectivity index (χ4n) is 3.58. The van der Waals surface area contributed by atoms with Crippen molar-refractivity contribution in [1.82, 2.24) is 14.5 Å². The number of nitrogens with zero attached hydrogens (tertiary/aromatic N) is 2. The molecule has 1 aliphatic heterocycles. The first-order chi connectivity index (χ1) is 9.63. The number of sulfonamides is 1. The molecule has 112 valence electrons. The lowest BCUT2D eigenvalue weighted by molar-refractivity contribution is 0.136. The van der Waals surface area contributed by atoms with Crippen molar-refractivity contribution in [3.8, 4) is 0 Å². The summed E-state index contributed by atoms with van der Waals surface area (Å²) >= 11 is 0. The van der Waals surface area contributed by atoms with E-state index >= 15 is 0 Å². The molecule has 6 nitrogen and oxygen atoms in total. The molecule has 2 heterocycles. The molecule has 1 saturated carbocycles. The van der Waals surface area contributed by atoms with Crippen LogP contribution < -0.4 is 5.73 Å². The number of H-pyrrole nitrogens is 1. The first-order valence-electron chi connectivity index (χ1n) is 7.35. The fourth-order valence-corrected chi connectivity index (χ4v) is 5.21. The van der Waals surface area contributed by atoms with Gasteiger partial charge in [-0.2, -0.15) is 9.40 Å². The maximum Gasteiger partial charge on any atom is 0.260 e. The molecular formula is C13H22N4O2S. The minimum atomic E-state index is -3.48. The van der Waals surface area contributed by atoms with Crippen LogP contribution >= 0.6 is 0 Å². The Kier molecular flexibility index (Phi) is 3.83. The van der Waals surface area contributed by atoms with Gasteiger partial charge in [-0.1, -0.05) is 19.3 Å². The summed E-state index contributed by atoms with van der Waals surface area (Å²) in [6, 6.07) is 0. The topological polar surface area (TPSA) is 92.1 Å². The van der Waals surface area contributed by atoms with Crippen molar-refractivity contribution >= 4 is 10.0 Å². The van der Waals surface area contributed by atoms with Gasteiger partial charge in [-0.15, -0.1) is 0 Å². The second-order valence-corrected chi connectivity index (χ2v) is 7.76. The standard InChI is InChI=1S/C13H22N4O2S/c14-7-12-8-15-16-13(12)20(18,19)17-6-5-10-3-1-2-4-11(10)9-17/h8,10-11H,1-7,9,14H2,(H,15,16). The van der Waals surface area contributed by atoms with Crippen LogP contribution in [0.25, 0.3) is 0 Å². The summed E-state index contributed by atoms with van der Waals surface area (Å²) in [5.41, 5.74) is 6.15. The van der Waals surface area contributed by atoms with Crippen molar-refractivity contribution in [3.63, 3.8) is 0 Å². The van der Waals surface area contributed by atoms with Crippen LogP contribution in [-0.4, -0.2) is 36.0 Å². The van der Waals surface area contributed by atoms with E-state index in [0.29, 0.717) is 30.5 Å². The van der Waals surface area contributed by atoms with Gasteiger partial charge in [-0.05, 0) is 24.7 Å². The lowest BCUT2D eigenvalue weighted by Crippen LogP contribution is -2.45. The van der Waals surface area contributed by atoms with Crippen LogP contribution in [0.1, 0.15) is 37.7 Å². The van der Waals surface area contributed by atoms with E-state index in [4.69, 9.17) is 5.73 Å². The van der Waals surface area contributed by atoms with Crippen LogP contribution in [0.4, 0.5) is 0 Å². The highest BCUT2D eigenvalue weighted by Crippen LogP contribution is 2.37. The van der Waals surface area contributed by atoms with Crippen LogP contribution in [-0.2, 0) is 16.6 Å². The summed E-state index contributed by atoms with van der Waals surface area (Å²) in [4.78, 5) is 0. The first-order valence-corrected chi connectivity index (χ1v) is 8.79. The number of aromatic amines is 1. The number of aromatic nitrogens is 2. The van der Waals surface area contributed by atoms with Crippen LogP contribution in [0.2, 0.25) is 0 Å². The molecule has 1 aromatic rings. The smallest absolute Gasteiger partial charge is 0.260 e. The van der Waals surface area contributed by atoms with Crippen molar-refractivity contribution in [2.75, 3.05) is 13.1 Å². The van der Waals surface area contributed by atoms with E-state index in [1.807, 2.05) is 0 Å². The SMILES string of the molecule is NCc1cn[nH]c1S(=O)(=O)N1CCC2CCCCC2C1. The van der Waals surface area contributed by atoms with Crippen molar-refractivity contribution in [2.24, 2.45) is 17.6 Å². The van der Waals surface area contributed by atoms with Gasteiger partial charge in [-0.3, -0.25) is 5.10 Å². The fraction of sp³-hybridized carbons (Fsp3) is 0.769. The van der Waals surface area contributed by atoms with E-state index in [-0.39, 0.29) is 11.6 Å². The molecule has 3 rings (SSSR count). The van der Waals surface area contributed by atoms with Gasteiger partial charge in [0.15, 0.2) is 5.03 Å². The van der Waals surface area contributed by atoms with Crippen molar-refractivity contribution in [1.29, 1.82) is 0 Å². The summed E-state index contributed by atoms with van der Waals surface area (Å²) < 4.78 is 27.0. The molecule has 1 aromatic heterocycles. The number of fused-ring (bicyclic) bond motifs is 1. The zero-order valence-electron chi connectivity index (χ0n) is 11.6. The molecule has 2 unspecified atom stereocenters. The summed E-state index contributed by atoms with van der Waals surface area (Å²) in [7, 11) is -3.48. The van der Waals surface area contributed by atoms with Gasteiger partial charge in [-0.25, -0.2) is 8.42 Å². The number of nitrogens with one attached hydrogen (secondary N) is 1. The third-order valence-electron chi connectivity index (χ3n) is 4.75. The molecule has 7 heteroatoms. The van der Waals surface area contributed by atoms with Gasteiger partial charge < -0.3 is 5.73 Å². The van der Waals surface area contributed by atoms with Gasteiger partial charge in [0.25, 0.3) is 10.0 Å². The highest BCUT2D eigenvalue weighted by atomic mass is 32.2. The molecule has 0 spiro atoms. The molecule has 2 fully saturated rings. The second-order valence-electron chi connectivity index (χ2n) is 5.88. The van der Waals surface area contributed by atoms with Gasteiger partial charge >= 0.3 is 0 Å². The minimum absolute atomic E-state index is 0.175. The van der Waals surface area contributed by atoms with E-state index in [1.165, 1.54) is 25.5 Å². The zero-order valence-corrected chi connectivity index (χ0v) is 12.4. The Bertz CT molecular complexity index is 569. The Labute approximate surface area is 119 Å². The normalized spacial score (nSPS) is 28.2. The Morgan fingerprint density at radius 3 is 2.80 bits per heavy atom. The second kappa shape index (κ2) is 5.46. The first kappa shape index (κ1) is 14.0. The summed E-state index contributed by atoms with van der Waals surface area (Å²) in [5.74, 6) is 1.24. The molecule has 1 aliphatic carbocycles. The summed E-state index contributed by atoms with van der Waals surface area (Å²) in [5, 5.41) is 6.61. The van der Waals surface area contributed by atoms with Gasteiger partial charge in [0.1, 0.15) is 0 Å². The highest BCUT2D eigenvalue weighted by Gasteiger charge is 2.37. The number of piperidine rings is 1. The highest BCUT2D eigenvalue weighted by molar-refractivity contribution is 7.89. The number of rotatable bonds is 3.